The molecule has 0 nitrogen and oxygen atoms in total. The Labute approximate surface area is 131 Å². The van der Waals surface area contributed by atoms with E-state index in [2.05, 4.69) is 92.2 Å². The first-order chi connectivity index (χ1) is 9.39. The van der Waals surface area contributed by atoms with Crippen LogP contribution in [0, 0.1) is 6.92 Å². The van der Waals surface area contributed by atoms with E-state index < -0.39 is 0 Å². The van der Waals surface area contributed by atoms with Crippen LogP contribution in [0.2, 0.25) is 0 Å². The van der Waals surface area contributed by atoms with Gasteiger partial charge in [0, 0.05) is 4.83 Å². The summed E-state index contributed by atoms with van der Waals surface area (Å²) >= 11 is 3.90. The second-order valence-corrected chi connectivity index (χ2v) is 7.54. The van der Waals surface area contributed by atoms with Gasteiger partial charge in [0.25, 0.3) is 0 Å². The van der Waals surface area contributed by atoms with Crippen LogP contribution in [0.4, 0.5) is 0 Å². The van der Waals surface area contributed by atoms with Crippen LogP contribution in [0.15, 0.2) is 48.5 Å². The third-order valence-electron chi connectivity index (χ3n) is 3.77. The van der Waals surface area contributed by atoms with E-state index in [1.165, 1.54) is 22.3 Å². The van der Waals surface area contributed by atoms with Crippen LogP contribution in [-0.2, 0) is 11.8 Å². The minimum atomic E-state index is 0.175. The van der Waals surface area contributed by atoms with E-state index in [1.54, 1.807) is 0 Å². The summed E-state index contributed by atoms with van der Waals surface area (Å²) in [6.45, 7) is 9.02. The average molecular weight is 331 g/mol. The van der Waals surface area contributed by atoms with Gasteiger partial charge in [0.05, 0.1) is 0 Å². The predicted octanol–water partition coefficient (Wildman–Crippen LogP) is 5.97. The lowest BCUT2D eigenvalue weighted by molar-refractivity contribution is 0.581. The summed E-state index contributed by atoms with van der Waals surface area (Å²) in [4.78, 5) is 0.360. The highest BCUT2D eigenvalue weighted by Crippen LogP contribution is 2.35. The van der Waals surface area contributed by atoms with E-state index in [4.69, 9.17) is 0 Å². The van der Waals surface area contributed by atoms with Gasteiger partial charge in [-0.05, 0) is 41.0 Å². The Bertz CT molecular complexity index is 578. The number of alkyl halides is 1. The normalized spacial score (nSPS) is 13.2. The van der Waals surface area contributed by atoms with Crippen molar-refractivity contribution in [2.45, 2.75) is 44.4 Å². The lowest BCUT2D eigenvalue weighted by Gasteiger charge is -2.25. The molecule has 0 aliphatic carbocycles. The Kier molecular flexibility index (Phi) is 4.70. The molecular formula is C19H23Br. The number of hydrogen-bond acceptors (Lipinski definition) is 0. The zero-order valence-electron chi connectivity index (χ0n) is 12.8. The molecule has 2 aromatic carbocycles. The van der Waals surface area contributed by atoms with Crippen molar-refractivity contribution in [3.05, 3.63) is 70.8 Å². The Morgan fingerprint density at radius 2 is 1.55 bits per heavy atom. The molecule has 0 spiro atoms. The van der Waals surface area contributed by atoms with Gasteiger partial charge in [-0.15, -0.1) is 0 Å². The average Bonchev–Trinajstić information content (AvgIpc) is 2.40. The summed E-state index contributed by atoms with van der Waals surface area (Å²) in [5, 5.41) is 0. The van der Waals surface area contributed by atoms with Crippen LogP contribution in [0.5, 0.6) is 0 Å². The fourth-order valence-corrected chi connectivity index (χ4v) is 3.34. The highest BCUT2D eigenvalue weighted by molar-refractivity contribution is 9.09. The Balaban J connectivity index is 2.31. The van der Waals surface area contributed by atoms with Crippen molar-refractivity contribution in [2.24, 2.45) is 0 Å². The molecule has 1 atom stereocenters. The topological polar surface area (TPSA) is 0 Å². The first kappa shape index (κ1) is 15.3. The Morgan fingerprint density at radius 3 is 2.20 bits per heavy atom. The molecule has 0 aliphatic rings. The number of rotatable bonds is 3. The largest absolute Gasteiger partial charge is 0.0835 e. The van der Waals surface area contributed by atoms with Gasteiger partial charge >= 0.3 is 0 Å². The van der Waals surface area contributed by atoms with Crippen molar-refractivity contribution in [1.82, 2.24) is 0 Å². The van der Waals surface area contributed by atoms with Gasteiger partial charge in [0.2, 0.25) is 0 Å². The fraction of sp³-hybridized carbons (Fsp3) is 0.368. The van der Waals surface area contributed by atoms with E-state index in [9.17, 15) is 0 Å². The third-order valence-corrected chi connectivity index (χ3v) is 4.58. The second kappa shape index (κ2) is 6.13. The number of hydrogen-bond donors (Lipinski definition) is 0. The molecule has 2 aromatic rings. The summed E-state index contributed by atoms with van der Waals surface area (Å²) in [6.07, 6.45) is 1.03. The summed E-state index contributed by atoms with van der Waals surface area (Å²) in [5.41, 5.74) is 5.79. The smallest absolute Gasteiger partial charge is 0.0438 e. The first-order valence-electron chi connectivity index (χ1n) is 7.17. The van der Waals surface area contributed by atoms with Crippen LogP contribution < -0.4 is 0 Å². The summed E-state index contributed by atoms with van der Waals surface area (Å²) in [6, 6.07) is 17.4. The molecule has 0 amide bonds. The lowest BCUT2D eigenvalue weighted by Crippen LogP contribution is -2.15. The lowest BCUT2D eigenvalue weighted by atomic mass is 9.82. The van der Waals surface area contributed by atoms with Crippen molar-refractivity contribution in [2.75, 3.05) is 0 Å². The summed E-state index contributed by atoms with van der Waals surface area (Å²) < 4.78 is 0. The van der Waals surface area contributed by atoms with Crippen LogP contribution >= 0.6 is 15.9 Å². The summed E-state index contributed by atoms with van der Waals surface area (Å²) in [7, 11) is 0. The van der Waals surface area contributed by atoms with Gasteiger partial charge < -0.3 is 0 Å². The van der Waals surface area contributed by atoms with E-state index in [0.717, 1.165) is 6.42 Å². The SMILES string of the molecule is Cc1ccccc1CC(Br)c1ccccc1C(C)(C)C. The molecule has 0 aromatic heterocycles. The maximum atomic E-state index is 3.90. The monoisotopic (exact) mass is 330 g/mol. The predicted molar refractivity (Wildman–Crippen MR) is 91.7 cm³/mol. The van der Waals surface area contributed by atoms with Crippen LogP contribution in [0.25, 0.3) is 0 Å². The molecule has 1 unspecified atom stereocenters. The van der Waals surface area contributed by atoms with Gasteiger partial charge in [0.15, 0.2) is 0 Å². The molecule has 106 valence electrons. The van der Waals surface area contributed by atoms with Gasteiger partial charge in [-0.1, -0.05) is 85.2 Å². The van der Waals surface area contributed by atoms with Crippen molar-refractivity contribution in [1.29, 1.82) is 0 Å². The van der Waals surface area contributed by atoms with Crippen molar-refractivity contribution >= 4 is 15.9 Å². The Hall–Kier alpha value is -1.08. The van der Waals surface area contributed by atoms with Gasteiger partial charge in [-0.2, -0.15) is 0 Å². The molecule has 0 heterocycles. The summed E-state index contributed by atoms with van der Waals surface area (Å²) in [5.74, 6) is 0. The van der Waals surface area contributed by atoms with Crippen molar-refractivity contribution in [3.8, 4) is 0 Å². The minimum absolute atomic E-state index is 0.175. The minimum Gasteiger partial charge on any atom is -0.0835 e. The fourth-order valence-electron chi connectivity index (χ4n) is 2.60. The first-order valence-corrected chi connectivity index (χ1v) is 8.09. The standard InChI is InChI=1S/C19H23Br/c1-14-9-5-6-10-15(14)13-18(20)16-11-7-8-12-17(16)19(2,3)4/h5-12,18H,13H2,1-4H3. The zero-order valence-corrected chi connectivity index (χ0v) is 14.4. The van der Waals surface area contributed by atoms with Gasteiger partial charge in [0.1, 0.15) is 0 Å². The molecule has 0 aliphatic heterocycles. The zero-order chi connectivity index (χ0) is 14.8. The third kappa shape index (κ3) is 3.52. The molecule has 0 saturated carbocycles. The highest BCUT2D eigenvalue weighted by atomic mass is 79.9. The maximum absolute atomic E-state index is 3.90. The van der Waals surface area contributed by atoms with Gasteiger partial charge in [-0.25, -0.2) is 0 Å². The Morgan fingerprint density at radius 1 is 0.950 bits per heavy atom. The molecular weight excluding hydrogens is 308 g/mol. The molecule has 0 saturated heterocycles. The molecule has 0 N–H and O–H groups in total. The molecule has 0 bridgehead atoms. The van der Waals surface area contributed by atoms with Crippen molar-refractivity contribution < 1.29 is 0 Å². The number of halogens is 1. The van der Waals surface area contributed by atoms with Crippen LogP contribution in [0.3, 0.4) is 0 Å². The number of benzene rings is 2. The molecule has 0 fully saturated rings. The quantitative estimate of drug-likeness (QED) is 0.608. The van der Waals surface area contributed by atoms with E-state index >= 15 is 0 Å². The molecule has 1 heteroatoms. The molecule has 2 rings (SSSR count). The van der Waals surface area contributed by atoms with Crippen LogP contribution in [-0.4, -0.2) is 0 Å². The van der Waals surface area contributed by atoms with Crippen molar-refractivity contribution in [3.63, 3.8) is 0 Å². The van der Waals surface area contributed by atoms with Gasteiger partial charge in [-0.3, -0.25) is 0 Å². The number of aryl methyl sites for hydroxylation is 1. The molecule has 20 heavy (non-hydrogen) atoms. The second-order valence-electron chi connectivity index (χ2n) is 6.44. The highest BCUT2D eigenvalue weighted by Gasteiger charge is 2.21. The van der Waals surface area contributed by atoms with Crippen LogP contribution in [0.1, 0.15) is 47.9 Å². The van der Waals surface area contributed by atoms with E-state index in [1.807, 2.05) is 0 Å². The van der Waals surface area contributed by atoms with E-state index in [-0.39, 0.29) is 5.41 Å². The maximum Gasteiger partial charge on any atom is 0.0438 e. The molecule has 0 radical (unpaired) electrons. The van der Waals surface area contributed by atoms with E-state index in [0.29, 0.717) is 4.83 Å².